The van der Waals surface area contributed by atoms with E-state index >= 15 is 0 Å². The summed E-state index contributed by atoms with van der Waals surface area (Å²) in [5.74, 6) is 0.558. The zero-order chi connectivity index (χ0) is 12.8. The number of carbonyl (C=O) groups is 2. The average Bonchev–Trinajstić information content (AvgIpc) is 2.35. The molecule has 0 saturated carbocycles. The van der Waals surface area contributed by atoms with Crippen molar-refractivity contribution in [1.82, 2.24) is 10.2 Å². The predicted molar refractivity (Wildman–Crippen MR) is 64.5 cm³/mol. The van der Waals surface area contributed by atoms with Gasteiger partial charge in [0.15, 0.2) is 0 Å². The first-order valence-electron chi connectivity index (χ1n) is 6.10. The lowest BCUT2D eigenvalue weighted by molar-refractivity contribution is -0.142. The largest absolute Gasteiger partial charge is 0.372 e. The van der Waals surface area contributed by atoms with Crippen LogP contribution in [0.3, 0.4) is 0 Å². The van der Waals surface area contributed by atoms with Crippen LogP contribution in [0.2, 0.25) is 0 Å². The van der Waals surface area contributed by atoms with Gasteiger partial charge in [0.1, 0.15) is 6.10 Å². The second kappa shape index (κ2) is 6.59. The van der Waals surface area contributed by atoms with Crippen molar-refractivity contribution in [3.8, 4) is 0 Å². The SMILES string of the molecule is COC(C)C(=O)N1CCC(CNC(C)=O)CC1. The molecule has 1 aliphatic heterocycles. The van der Waals surface area contributed by atoms with Crippen LogP contribution in [-0.4, -0.2) is 49.6 Å². The third-order valence-electron chi connectivity index (χ3n) is 3.27. The van der Waals surface area contributed by atoms with Crippen molar-refractivity contribution in [2.45, 2.75) is 32.8 Å². The zero-order valence-electron chi connectivity index (χ0n) is 10.9. The topological polar surface area (TPSA) is 58.6 Å². The third-order valence-corrected chi connectivity index (χ3v) is 3.27. The van der Waals surface area contributed by atoms with E-state index in [-0.39, 0.29) is 17.9 Å². The molecule has 1 N–H and O–H groups in total. The van der Waals surface area contributed by atoms with Gasteiger partial charge in [-0.05, 0) is 25.7 Å². The lowest BCUT2D eigenvalue weighted by atomic mass is 9.96. The van der Waals surface area contributed by atoms with Crippen LogP contribution >= 0.6 is 0 Å². The van der Waals surface area contributed by atoms with Crippen LogP contribution in [0.1, 0.15) is 26.7 Å². The fourth-order valence-electron chi connectivity index (χ4n) is 2.00. The Labute approximate surface area is 102 Å². The summed E-state index contributed by atoms with van der Waals surface area (Å²) < 4.78 is 5.02. The van der Waals surface area contributed by atoms with E-state index in [0.717, 1.165) is 32.5 Å². The Hall–Kier alpha value is -1.10. The van der Waals surface area contributed by atoms with Gasteiger partial charge in [-0.3, -0.25) is 9.59 Å². The number of nitrogens with one attached hydrogen (secondary N) is 1. The fourth-order valence-corrected chi connectivity index (χ4v) is 2.00. The van der Waals surface area contributed by atoms with Gasteiger partial charge in [-0.1, -0.05) is 0 Å². The molecule has 17 heavy (non-hydrogen) atoms. The van der Waals surface area contributed by atoms with Gasteiger partial charge >= 0.3 is 0 Å². The third kappa shape index (κ3) is 4.34. The number of rotatable bonds is 4. The molecule has 1 heterocycles. The lowest BCUT2D eigenvalue weighted by Crippen LogP contribution is -2.45. The smallest absolute Gasteiger partial charge is 0.251 e. The molecule has 0 aromatic rings. The van der Waals surface area contributed by atoms with Gasteiger partial charge in [-0.2, -0.15) is 0 Å². The molecule has 0 spiro atoms. The highest BCUT2D eigenvalue weighted by Gasteiger charge is 2.25. The Morgan fingerprint density at radius 3 is 2.47 bits per heavy atom. The van der Waals surface area contributed by atoms with E-state index in [1.165, 1.54) is 6.92 Å². The first kappa shape index (κ1) is 14.0. The average molecular weight is 242 g/mol. The molecule has 1 fully saturated rings. The number of carbonyl (C=O) groups excluding carboxylic acids is 2. The standard InChI is InChI=1S/C12H22N2O3/c1-9(17-3)12(16)14-6-4-11(5-7-14)8-13-10(2)15/h9,11H,4-8H2,1-3H3,(H,13,15). The Kier molecular flexibility index (Phi) is 5.41. The van der Waals surface area contributed by atoms with Crippen molar-refractivity contribution in [2.24, 2.45) is 5.92 Å². The van der Waals surface area contributed by atoms with Crippen LogP contribution < -0.4 is 5.32 Å². The number of hydrogen-bond acceptors (Lipinski definition) is 3. The Morgan fingerprint density at radius 2 is 2.00 bits per heavy atom. The molecule has 1 saturated heterocycles. The minimum atomic E-state index is -0.359. The van der Waals surface area contributed by atoms with E-state index < -0.39 is 0 Å². The molecule has 2 amide bonds. The van der Waals surface area contributed by atoms with Gasteiger partial charge in [-0.25, -0.2) is 0 Å². The molecule has 1 unspecified atom stereocenters. The number of ether oxygens (including phenoxy) is 1. The van der Waals surface area contributed by atoms with E-state index in [2.05, 4.69) is 5.32 Å². The van der Waals surface area contributed by atoms with E-state index in [0.29, 0.717) is 5.92 Å². The van der Waals surface area contributed by atoms with Crippen molar-refractivity contribution in [1.29, 1.82) is 0 Å². The molecule has 1 aliphatic rings. The van der Waals surface area contributed by atoms with Gasteiger partial charge in [0.2, 0.25) is 5.91 Å². The predicted octanol–water partition coefficient (Wildman–Crippen LogP) is 0.396. The Bertz CT molecular complexity index is 273. The van der Waals surface area contributed by atoms with Crippen LogP contribution in [0.4, 0.5) is 0 Å². The van der Waals surface area contributed by atoms with Crippen LogP contribution in [0, 0.1) is 5.92 Å². The molecule has 1 rings (SSSR count). The first-order chi connectivity index (χ1) is 8.04. The molecule has 0 radical (unpaired) electrons. The molecule has 0 aromatic heterocycles. The van der Waals surface area contributed by atoms with E-state index in [4.69, 9.17) is 4.74 Å². The highest BCUT2D eigenvalue weighted by molar-refractivity contribution is 5.80. The summed E-state index contributed by atoms with van der Waals surface area (Å²) in [5.41, 5.74) is 0. The van der Waals surface area contributed by atoms with Crippen LogP contribution in [0.5, 0.6) is 0 Å². The van der Waals surface area contributed by atoms with Crippen molar-refractivity contribution >= 4 is 11.8 Å². The van der Waals surface area contributed by atoms with Crippen molar-refractivity contribution in [3.63, 3.8) is 0 Å². The second-order valence-electron chi connectivity index (χ2n) is 4.58. The van der Waals surface area contributed by atoms with E-state index in [1.54, 1.807) is 14.0 Å². The molecule has 1 atom stereocenters. The summed E-state index contributed by atoms with van der Waals surface area (Å²) in [6.45, 7) is 5.54. The molecule has 5 nitrogen and oxygen atoms in total. The number of piperidine rings is 1. The summed E-state index contributed by atoms with van der Waals surface area (Å²) in [5, 5.41) is 2.83. The van der Waals surface area contributed by atoms with Crippen LogP contribution in [0.25, 0.3) is 0 Å². The molecular weight excluding hydrogens is 220 g/mol. The minimum Gasteiger partial charge on any atom is -0.372 e. The fraction of sp³-hybridized carbons (Fsp3) is 0.833. The Balaban J connectivity index is 2.30. The summed E-state index contributed by atoms with van der Waals surface area (Å²) >= 11 is 0. The number of hydrogen-bond donors (Lipinski definition) is 1. The number of methoxy groups -OCH3 is 1. The number of nitrogens with zero attached hydrogens (tertiary/aromatic N) is 1. The summed E-state index contributed by atoms with van der Waals surface area (Å²) in [4.78, 5) is 24.5. The van der Waals surface area contributed by atoms with E-state index in [9.17, 15) is 9.59 Å². The zero-order valence-corrected chi connectivity index (χ0v) is 10.9. The molecule has 0 aliphatic carbocycles. The minimum absolute atomic E-state index is 0.0107. The maximum absolute atomic E-state index is 11.8. The molecule has 0 aromatic carbocycles. The van der Waals surface area contributed by atoms with Gasteiger partial charge < -0.3 is 15.0 Å². The van der Waals surface area contributed by atoms with Gasteiger partial charge in [0.05, 0.1) is 0 Å². The van der Waals surface area contributed by atoms with Crippen molar-refractivity contribution < 1.29 is 14.3 Å². The maximum atomic E-state index is 11.8. The van der Waals surface area contributed by atoms with Crippen molar-refractivity contribution in [2.75, 3.05) is 26.7 Å². The lowest BCUT2D eigenvalue weighted by Gasteiger charge is -2.33. The molecule has 0 bridgehead atoms. The number of likely N-dealkylation sites (tertiary alicyclic amines) is 1. The van der Waals surface area contributed by atoms with Crippen molar-refractivity contribution in [3.05, 3.63) is 0 Å². The van der Waals surface area contributed by atoms with Gasteiger partial charge in [0, 0.05) is 33.7 Å². The summed E-state index contributed by atoms with van der Waals surface area (Å²) in [6, 6.07) is 0. The van der Waals surface area contributed by atoms with Crippen LogP contribution in [-0.2, 0) is 14.3 Å². The maximum Gasteiger partial charge on any atom is 0.251 e. The van der Waals surface area contributed by atoms with Gasteiger partial charge in [-0.15, -0.1) is 0 Å². The van der Waals surface area contributed by atoms with Crippen LogP contribution in [0.15, 0.2) is 0 Å². The molecule has 5 heteroatoms. The normalized spacial score (nSPS) is 18.9. The van der Waals surface area contributed by atoms with E-state index in [1.807, 2.05) is 4.90 Å². The summed E-state index contributed by atoms with van der Waals surface area (Å²) in [7, 11) is 1.55. The second-order valence-corrected chi connectivity index (χ2v) is 4.58. The summed E-state index contributed by atoms with van der Waals surface area (Å²) in [6.07, 6.45) is 1.53. The highest BCUT2D eigenvalue weighted by atomic mass is 16.5. The molecule has 98 valence electrons. The Morgan fingerprint density at radius 1 is 1.41 bits per heavy atom. The number of amides is 2. The quantitative estimate of drug-likeness (QED) is 0.776. The first-order valence-corrected chi connectivity index (χ1v) is 6.10. The monoisotopic (exact) mass is 242 g/mol. The highest BCUT2D eigenvalue weighted by Crippen LogP contribution is 2.17. The molecular formula is C12H22N2O3. The van der Waals surface area contributed by atoms with Gasteiger partial charge in [0.25, 0.3) is 5.91 Å².